The van der Waals surface area contributed by atoms with Crippen molar-refractivity contribution in [3.8, 4) is 11.8 Å². The van der Waals surface area contributed by atoms with Gasteiger partial charge in [-0.15, -0.1) is 0 Å². The minimum Gasteiger partial charge on any atom is -0.484 e. The van der Waals surface area contributed by atoms with Gasteiger partial charge < -0.3 is 19.6 Å². The van der Waals surface area contributed by atoms with E-state index < -0.39 is 65.3 Å². The number of rotatable bonds is 6. The lowest BCUT2D eigenvalue weighted by molar-refractivity contribution is -0.386. The molecule has 2 atom stereocenters. The number of benzene rings is 2. The fraction of sp³-hybridized carbons (Fsp3) is 0.300. The maximum absolute atomic E-state index is 13.6. The van der Waals surface area contributed by atoms with E-state index in [1.165, 1.54) is 12.1 Å². The van der Waals surface area contributed by atoms with E-state index in [0.29, 0.717) is 11.0 Å². The Bertz CT molecular complexity index is 1180. The van der Waals surface area contributed by atoms with Crippen LogP contribution in [0.4, 0.5) is 37.7 Å². The van der Waals surface area contributed by atoms with Gasteiger partial charge >= 0.3 is 18.0 Å². The first-order chi connectivity index (χ1) is 16.3. The van der Waals surface area contributed by atoms with Crippen molar-refractivity contribution in [3.63, 3.8) is 0 Å². The second kappa shape index (κ2) is 9.66. The molecule has 0 saturated carbocycles. The van der Waals surface area contributed by atoms with E-state index >= 15 is 0 Å². The monoisotopic (exact) mass is 504 g/mol. The van der Waals surface area contributed by atoms with E-state index in [1.54, 1.807) is 0 Å². The van der Waals surface area contributed by atoms with Crippen molar-refractivity contribution in [3.05, 3.63) is 63.2 Å². The Morgan fingerprint density at radius 3 is 2.54 bits per heavy atom. The molecule has 1 aliphatic rings. The van der Waals surface area contributed by atoms with E-state index in [2.05, 4.69) is 5.16 Å². The zero-order valence-corrected chi connectivity index (χ0v) is 17.2. The molecule has 1 heterocycles. The van der Waals surface area contributed by atoms with Crippen LogP contribution < -0.4 is 9.64 Å². The normalized spacial score (nSPS) is 18.6. The third-order valence-electron chi connectivity index (χ3n) is 4.86. The molecule has 1 aliphatic heterocycles. The lowest BCUT2D eigenvalue weighted by Gasteiger charge is -2.27. The van der Waals surface area contributed by atoms with Gasteiger partial charge in [0.05, 0.1) is 34.9 Å². The first kappa shape index (κ1) is 25.6. The molecule has 3 rings (SSSR count). The highest BCUT2D eigenvalue weighted by Gasteiger charge is 2.51. The van der Waals surface area contributed by atoms with Gasteiger partial charge in [-0.1, -0.05) is 5.16 Å². The number of oxime groups is 1. The number of ether oxygens (including phenoxy) is 2. The number of anilines is 1. The van der Waals surface area contributed by atoms with Crippen LogP contribution in [0, 0.1) is 21.4 Å². The maximum atomic E-state index is 13.6. The van der Waals surface area contributed by atoms with Gasteiger partial charge in [0.2, 0.25) is 6.23 Å². The highest BCUT2D eigenvalue weighted by molar-refractivity contribution is 5.81. The molecule has 186 valence electrons. The highest BCUT2D eigenvalue weighted by atomic mass is 19.4. The van der Waals surface area contributed by atoms with Gasteiger partial charge in [0.1, 0.15) is 12.7 Å². The zero-order chi connectivity index (χ0) is 26.0. The molecular weight excluding hydrogens is 490 g/mol. The summed E-state index contributed by atoms with van der Waals surface area (Å²) in [5.74, 6) is -0.312. The van der Waals surface area contributed by atoms with Crippen LogP contribution >= 0.6 is 0 Å². The molecule has 0 bridgehead atoms. The largest absolute Gasteiger partial charge is 0.484 e. The highest BCUT2D eigenvalue weighted by Crippen LogP contribution is 2.39. The Balaban J connectivity index is 1.86. The molecule has 2 aromatic rings. The van der Waals surface area contributed by atoms with Gasteiger partial charge in [0.15, 0.2) is 5.75 Å². The number of alkyl halides is 6. The summed E-state index contributed by atoms with van der Waals surface area (Å²) in [6, 6.07) is 6.90. The average molecular weight is 504 g/mol. The van der Waals surface area contributed by atoms with Crippen molar-refractivity contribution < 1.29 is 45.9 Å². The van der Waals surface area contributed by atoms with Gasteiger partial charge in [-0.05, 0) is 30.3 Å². The Morgan fingerprint density at radius 1 is 1.26 bits per heavy atom. The van der Waals surface area contributed by atoms with Crippen LogP contribution in [0.15, 0.2) is 41.6 Å². The fourth-order valence-electron chi connectivity index (χ4n) is 3.37. The first-order valence-electron chi connectivity index (χ1n) is 9.54. The summed E-state index contributed by atoms with van der Waals surface area (Å²) in [7, 11) is 0. The molecule has 2 unspecified atom stereocenters. The molecule has 15 heteroatoms. The predicted octanol–water partition coefficient (Wildman–Crippen LogP) is 4.47. The second-order valence-electron chi connectivity index (χ2n) is 7.18. The van der Waals surface area contributed by atoms with Gasteiger partial charge in [-0.3, -0.25) is 10.1 Å². The molecule has 0 aliphatic carbocycles. The van der Waals surface area contributed by atoms with Crippen molar-refractivity contribution in [1.82, 2.24) is 0 Å². The first-order valence-corrected chi connectivity index (χ1v) is 9.54. The Labute approximate surface area is 192 Å². The molecule has 0 aromatic heterocycles. The van der Waals surface area contributed by atoms with E-state index in [0.717, 1.165) is 30.5 Å². The summed E-state index contributed by atoms with van der Waals surface area (Å²) in [6.07, 6.45) is -13.0. The van der Waals surface area contributed by atoms with Crippen molar-refractivity contribution in [2.45, 2.75) is 24.7 Å². The predicted molar refractivity (Wildman–Crippen MR) is 106 cm³/mol. The summed E-state index contributed by atoms with van der Waals surface area (Å²) in [4.78, 5) is 11.0. The molecule has 35 heavy (non-hydrogen) atoms. The Hall–Kier alpha value is -4.06. The lowest BCUT2D eigenvalue weighted by Crippen LogP contribution is -2.42. The molecule has 1 N–H and O–H groups in total. The number of hydrogen-bond acceptors (Lipinski definition) is 8. The molecule has 1 fully saturated rings. The number of nitro benzene ring substituents is 1. The van der Waals surface area contributed by atoms with Crippen LogP contribution in [0.2, 0.25) is 0 Å². The Kier molecular flexibility index (Phi) is 7.06. The second-order valence-corrected chi connectivity index (χ2v) is 7.18. The van der Waals surface area contributed by atoms with Gasteiger partial charge in [0, 0.05) is 17.3 Å². The molecule has 9 nitrogen and oxygen atoms in total. The number of nitrogens with zero attached hydrogens (tertiary/aromatic N) is 4. The van der Waals surface area contributed by atoms with Crippen molar-refractivity contribution in [1.29, 1.82) is 5.26 Å². The number of nitriles is 1. The number of hydrogen-bond donors (Lipinski definition) is 1. The summed E-state index contributed by atoms with van der Waals surface area (Å²) >= 11 is 0. The SMILES string of the molecule is N#Cc1ccc(N2CC(COc3ccc(/C=N/O)cc3[N+](=O)[O-])OC2C(F)(F)F)cc1C(F)(F)F. The van der Waals surface area contributed by atoms with Crippen LogP contribution in [0.1, 0.15) is 16.7 Å². The third kappa shape index (κ3) is 5.72. The summed E-state index contributed by atoms with van der Waals surface area (Å²) < 4.78 is 90.9. The van der Waals surface area contributed by atoms with Crippen LogP contribution in [0.25, 0.3) is 0 Å². The summed E-state index contributed by atoms with van der Waals surface area (Å²) in [5, 5.41) is 31.5. The van der Waals surface area contributed by atoms with E-state index in [-0.39, 0.29) is 11.3 Å². The molecule has 0 spiro atoms. The molecular formula is C20H14F6N4O5. The quantitative estimate of drug-likeness (QED) is 0.203. The van der Waals surface area contributed by atoms with Crippen LogP contribution in [-0.4, -0.2) is 48.0 Å². The maximum Gasteiger partial charge on any atom is 0.433 e. The molecule has 0 radical (unpaired) electrons. The van der Waals surface area contributed by atoms with Crippen molar-refractivity contribution >= 4 is 17.6 Å². The van der Waals surface area contributed by atoms with Crippen LogP contribution in [0.3, 0.4) is 0 Å². The van der Waals surface area contributed by atoms with E-state index in [9.17, 15) is 36.5 Å². The molecule has 2 aromatic carbocycles. The zero-order valence-electron chi connectivity index (χ0n) is 17.2. The van der Waals surface area contributed by atoms with Gasteiger partial charge in [-0.2, -0.15) is 31.6 Å². The van der Waals surface area contributed by atoms with Crippen molar-refractivity contribution in [2.24, 2.45) is 5.16 Å². The van der Waals surface area contributed by atoms with Crippen LogP contribution in [0.5, 0.6) is 5.75 Å². The number of halogens is 6. The van der Waals surface area contributed by atoms with E-state index in [1.807, 2.05) is 0 Å². The van der Waals surface area contributed by atoms with E-state index in [4.69, 9.17) is 19.9 Å². The third-order valence-corrected chi connectivity index (χ3v) is 4.86. The minimum absolute atomic E-state index is 0.147. The lowest BCUT2D eigenvalue weighted by atomic mass is 10.1. The molecule has 1 saturated heterocycles. The summed E-state index contributed by atoms with van der Waals surface area (Å²) in [6.45, 7) is -1.16. The number of nitro groups is 1. The van der Waals surface area contributed by atoms with Gasteiger partial charge in [-0.25, -0.2) is 0 Å². The van der Waals surface area contributed by atoms with Gasteiger partial charge in [0.25, 0.3) is 0 Å². The average Bonchev–Trinajstić information content (AvgIpc) is 3.22. The minimum atomic E-state index is -5.00. The van der Waals surface area contributed by atoms with Crippen molar-refractivity contribution in [2.75, 3.05) is 18.1 Å². The van der Waals surface area contributed by atoms with Crippen LogP contribution in [-0.2, 0) is 10.9 Å². The summed E-state index contributed by atoms with van der Waals surface area (Å²) in [5.41, 5.74) is -3.06. The standard InChI is InChI=1S/C20H14F6N4O5/c21-19(22,23)15-6-13(3-2-12(15)7-27)29-9-14(35-18(29)20(24,25)26)10-34-17-4-1-11(8-28-31)5-16(17)30(32)33/h1-6,8,14,18,31H,9-10H2/b28-8+. The fourth-order valence-corrected chi connectivity index (χ4v) is 3.37. The Morgan fingerprint density at radius 2 is 1.97 bits per heavy atom. The smallest absolute Gasteiger partial charge is 0.433 e. The molecule has 0 amide bonds. The topological polar surface area (TPSA) is 121 Å².